The average molecular weight is 403 g/mol. The Labute approximate surface area is 165 Å². The number of amides is 1. The summed E-state index contributed by atoms with van der Waals surface area (Å²) in [5, 5.41) is -0.425. The van der Waals surface area contributed by atoms with Gasteiger partial charge < -0.3 is 14.4 Å². The van der Waals surface area contributed by atoms with E-state index >= 15 is 0 Å². The molecular weight excluding hydrogens is 376 g/mol. The molecule has 1 aromatic carbocycles. The molecule has 3 aliphatic rings. The number of carbonyl (C=O) groups excluding carboxylic acids is 1. The average Bonchev–Trinajstić information content (AvgIpc) is 3.19. The Morgan fingerprint density at radius 2 is 1.96 bits per heavy atom. The van der Waals surface area contributed by atoms with E-state index < -0.39 is 15.1 Å². The van der Waals surface area contributed by atoms with Crippen LogP contribution in [-0.4, -0.2) is 77.9 Å². The van der Waals surface area contributed by atoms with E-state index in [1.807, 2.05) is 47.8 Å². The highest BCUT2D eigenvalue weighted by atomic mass is 32.2. The molecule has 0 unspecified atom stereocenters. The number of hydrogen-bond acceptors (Lipinski definition) is 5. The number of aromatic nitrogens is 2. The normalized spacial score (nSPS) is 29.0. The molecule has 1 amide bonds. The maximum Gasteiger partial charge on any atom is 0.242 e. The predicted octanol–water partition coefficient (Wildman–Crippen LogP) is 1.10. The Morgan fingerprint density at radius 1 is 1.21 bits per heavy atom. The van der Waals surface area contributed by atoms with E-state index in [2.05, 4.69) is 0 Å². The second-order valence-electron chi connectivity index (χ2n) is 8.68. The van der Waals surface area contributed by atoms with Gasteiger partial charge in [-0.15, -0.1) is 0 Å². The minimum absolute atomic E-state index is 0.00591. The molecule has 1 aromatic heterocycles. The summed E-state index contributed by atoms with van der Waals surface area (Å²) in [6, 6.07) is 7.91. The van der Waals surface area contributed by atoms with Crippen LogP contribution in [0.4, 0.5) is 0 Å². The molecule has 2 aromatic rings. The summed E-state index contributed by atoms with van der Waals surface area (Å²) >= 11 is 0. The number of rotatable bonds is 4. The van der Waals surface area contributed by atoms with E-state index in [4.69, 9.17) is 4.98 Å². The second kappa shape index (κ2) is 6.29. The Kier molecular flexibility index (Phi) is 4.07. The molecule has 28 heavy (non-hydrogen) atoms. The van der Waals surface area contributed by atoms with Gasteiger partial charge in [-0.05, 0) is 39.1 Å². The molecule has 2 aliphatic heterocycles. The monoisotopic (exact) mass is 402 g/mol. The van der Waals surface area contributed by atoms with Crippen molar-refractivity contribution in [3.63, 3.8) is 0 Å². The van der Waals surface area contributed by atoms with Gasteiger partial charge in [0.2, 0.25) is 5.91 Å². The summed E-state index contributed by atoms with van der Waals surface area (Å²) < 4.78 is 27.2. The standard InChI is InChI=1S/C20H26N4O3S/c1-22(2)17-12-28(26,27)18-10-23(9-14(17)18)19(25)11-24-16-6-4-3-5-15(16)21-20(24)13-7-8-13/h3-6,13-14,17-18H,7-12H2,1-2H3/t14-,17-,18-/m0/s1. The van der Waals surface area contributed by atoms with Crippen LogP contribution in [0.15, 0.2) is 24.3 Å². The zero-order valence-electron chi connectivity index (χ0n) is 16.3. The Morgan fingerprint density at radius 3 is 2.68 bits per heavy atom. The topological polar surface area (TPSA) is 75.5 Å². The van der Waals surface area contributed by atoms with Crippen molar-refractivity contribution >= 4 is 26.8 Å². The minimum atomic E-state index is -3.15. The maximum absolute atomic E-state index is 13.1. The summed E-state index contributed by atoms with van der Waals surface area (Å²) in [4.78, 5) is 21.6. The lowest BCUT2D eigenvalue weighted by atomic mass is 10.00. The molecule has 0 spiro atoms. The van der Waals surface area contributed by atoms with Crippen molar-refractivity contribution in [3.05, 3.63) is 30.1 Å². The molecule has 7 nitrogen and oxygen atoms in total. The van der Waals surface area contributed by atoms with Gasteiger partial charge in [-0.1, -0.05) is 12.1 Å². The SMILES string of the molecule is CN(C)[C@H]1CS(=O)(=O)[C@H]2CN(C(=O)Cn3c(C4CC4)nc4ccccc43)C[C@@H]12. The van der Waals surface area contributed by atoms with Crippen LogP contribution in [0.25, 0.3) is 11.0 Å². The number of fused-ring (bicyclic) bond motifs is 2. The first-order valence-corrected chi connectivity index (χ1v) is 11.7. The number of para-hydroxylation sites is 2. The van der Waals surface area contributed by atoms with Crippen LogP contribution in [0.3, 0.4) is 0 Å². The third kappa shape index (κ3) is 2.85. The highest BCUT2D eigenvalue weighted by Crippen LogP contribution is 2.41. The Balaban J connectivity index is 1.40. The number of hydrogen-bond donors (Lipinski definition) is 0. The van der Waals surface area contributed by atoms with Crippen molar-refractivity contribution in [2.75, 3.05) is 32.9 Å². The lowest BCUT2D eigenvalue weighted by Gasteiger charge is -2.25. The fourth-order valence-corrected chi connectivity index (χ4v) is 7.39. The van der Waals surface area contributed by atoms with Crippen LogP contribution in [-0.2, 0) is 21.2 Å². The Bertz CT molecular complexity index is 1040. The van der Waals surface area contributed by atoms with Gasteiger partial charge in [0.1, 0.15) is 12.4 Å². The van der Waals surface area contributed by atoms with E-state index in [0.29, 0.717) is 19.0 Å². The van der Waals surface area contributed by atoms with Crippen molar-refractivity contribution in [2.45, 2.75) is 36.6 Å². The first kappa shape index (κ1) is 18.1. The minimum Gasteiger partial charge on any atom is -0.339 e. The quantitative estimate of drug-likeness (QED) is 0.766. The molecule has 0 radical (unpaired) electrons. The predicted molar refractivity (Wildman–Crippen MR) is 107 cm³/mol. The summed E-state index contributed by atoms with van der Waals surface area (Å²) in [6.07, 6.45) is 2.24. The van der Waals surface area contributed by atoms with Gasteiger partial charge in [0.05, 0.1) is 22.0 Å². The lowest BCUT2D eigenvalue weighted by Crippen LogP contribution is -2.39. The van der Waals surface area contributed by atoms with Crippen molar-refractivity contribution in [1.29, 1.82) is 0 Å². The number of likely N-dealkylation sites (tertiary alicyclic amines) is 1. The Hall–Kier alpha value is -1.93. The van der Waals surface area contributed by atoms with E-state index in [1.165, 1.54) is 0 Å². The van der Waals surface area contributed by atoms with Gasteiger partial charge >= 0.3 is 0 Å². The van der Waals surface area contributed by atoms with Gasteiger partial charge in [-0.3, -0.25) is 4.79 Å². The molecule has 3 atom stereocenters. The number of carbonyl (C=O) groups is 1. The molecule has 1 saturated carbocycles. The molecule has 0 bridgehead atoms. The molecule has 3 heterocycles. The maximum atomic E-state index is 13.1. The number of nitrogens with zero attached hydrogens (tertiary/aromatic N) is 4. The second-order valence-corrected chi connectivity index (χ2v) is 10.9. The van der Waals surface area contributed by atoms with Crippen LogP contribution >= 0.6 is 0 Å². The van der Waals surface area contributed by atoms with Gasteiger partial charge in [-0.25, -0.2) is 13.4 Å². The van der Waals surface area contributed by atoms with E-state index in [0.717, 1.165) is 29.7 Å². The van der Waals surface area contributed by atoms with Crippen LogP contribution < -0.4 is 0 Å². The summed E-state index contributed by atoms with van der Waals surface area (Å²) in [7, 11) is 0.699. The van der Waals surface area contributed by atoms with Gasteiger partial charge in [0.25, 0.3) is 0 Å². The fraction of sp³-hybridized carbons (Fsp3) is 0.600. The molecule has 150 valence electrons. The highest BCUT2D eigenvalue weighted by Gasteiger charge is 2.53. The van der Waals surface area contributed by atoms with Crippen LogP contribution in [0, 0.1) is 5.92 Å². The molecule has 2 saturated heterocycles. The molecule has 0 N–H and O–H groups in total. The van der Waals surface area contributed by atoms with Gasteiger partial charge in [0.15, 0.2) is 9.84 Å². The number of sulfone groups is 1. The van der Waals surface area contributed by atoms with E-state index in [1.54, 1.807) is 4.90 Å². The third-order valence-electron chi connectivity index (χ3n) is 6.60. The first-order valence-electron chi connectivity index (χ1n) is 9.96. The van der Waals surface area contributed by atoms with Crippen molar-refractivity contribution in [1.82, 2.24) is 19.4 Å². The smallest absolute Gasteiger partial charge is 0.242 e. The van der Waals surface area contributed by atoms with Crippen LogP contribution in [0.2, 0.25) is 0 Å². The van der Waals surface area contributed by atoms with Crippen molar-refractivity contribution < 1.29 is 13.2 Å². The fourth-order valence-electron chi connectivity index (χ4n) is 4.92. The van der Waals surface area contributed by atoms with Crippen molar-refractivity contribution in [3.8, 4) is 0 Å². The molecule has 8 heteroatoms. The van der Waals surface area contributed by atoms with E-state index in [-0.39, 0.29) is 30.2 Å². The third-order valence-corrected chi connectivity index (χ3v) is 8.83. The summed E-state index contributed by atoms with van der Waals surface area (Å²) in [5.74, 6) is 1.64. The molecule has 5 rings (SSSR count). The van der Waals surface area contributed by atoms with Crippen molar-refractivity contribution in [2.24, 2.45) is 5.92 Å². The number of imidazole rings is 1. The largest absolute Gasteiger partial charge is 0.339 e. The molecule has 3 fully saturated rings. The molecular formula is C20H26N4O3S. The molecule has 1 aliphatic carbocycles. The first-order chi connectivity index (χ1) is 13.3. The van der Waals surface area contributed by atoms with Crippen LogP contribution in [0.5, 0.6) is 0 Å². The van der Waals surface area contributed by atoms with E-state index in [9.17, 15) is 13.2 Å². The van der Waals surface area contributed by atoms with Gasteiger partial charge in [-0.2, -0.15) is 0 Å². The van der Waals surface area contributed by atoms with Gasteiger partial charge in [0, 0.05) is 31.0 Å². The summed E-state index contributed by atoms with van der Waals surface area (Å²) in [5.41, 5.74) is 1.90. The lowest BCUT2D eigenvalue weighted by molar-refractivity contribution is -0.130. The zero-order valence-corrected chi connectivity index (χ0v) is 17.1. The number of benzene rings is 1. The van der Waals surface area contributed by atoms with Crippen LogP contribution in [0.1, 0.15) is 24.6 Å². The zero-order chi connectivity index (χ0) is 19.6. The summed E-state index contributed by atoms with van der Waals surface area (Å²) in [6.45, 7) is 1.08. The highest BCUT2D eigenvalue weighted by molar-refractivity contribution is 7.92.